The van der Waals surface area contributed by atoms with Gasteiger partial charge in [-0.3, -0.25) is 0 Å². The summed E-state index contributed by atoms with van der Waals surface area (Å²) in [5.74, 6) is 0. The van der Waals surface area contributed by atoms with Crippen LogP contribution in [0.2, 0.25) is 0 Å². The summed E-state index contributed by atoms with van der Waals surface area (Å²) < 4.78 is 11.9. The third-order valence-electron chi connectivity index (χ3n) is 0.276. The van der Waals surface area contributed by atoms with Gasteiger partial charge in [0.2, 0.25) is 0 Å². The average molecular weight is 313 g/mol. The van der Waals surface area contributed by atoms with E-state index >= 15 is 0 Å². The van der Waals surface area contributed by atoms with Crippen LogP contribution in [0.25, 0.3) is 0 Å². The molecule has 0 bridgehead atoms. The van der Waals surface area contributed by atoms with Gasteiger partial charge in [-0.25, -0.2) is 0 Å². The summed E-state index contributed by atoms with van der Waals surface area (Å²) in [6, 6.07) is 0. The Morgan fingerprint density at radius 2 is 1.12 bits per heavy atom. The maximum atomic E-state index is 5.24. The van der Waals surface area contributed by atoms with Crippen molar-refractivity contribution in [2.45, 2.75) is 0 Å². The van der Waals surface area contributed by atoms with E-state index in [-0.39, 0.29) is 0 Å². The molecule has 0 unspecified atom stereocenters. The Labute approximate surface area is 70.6 Å². The molecule has 3 nitrogen and oxygen atoms in total. The van der Waals surface area contributed by atoms with Crippen molar-refractivity contribution in [1.82, 2.24) is 0 Å². The first-order valence-electron chi connectivity index (χ1n) is 1.26. The molecule has 0 aliphatic heterocycles. The Hall–Kier alpha value is 1.86. The zero-order chi connectivity index (χ0) is 6.62. The van der Waals surface area contributed by atoms with Crippen LogP contribution in [0.4, 0.5) is 0 Å². The van der Waals surface area contributed by atoms with Crippen molar-refractivity contribution in [3.63, 3.8) is 0 Å². The van der Waals surface area contributed by atoms with Gasteiger partial charge in [-0.2, -0.15) is 0 Å². The first kappa shape index (κ1) is 9.86. The first-order chi connectivity index (χ1) is 3.68. The van der Waals surface area contributed by atoms with Crippen molar-refractivity contribution in [2.75, 3.05) is 0 Å². The van der Waals surface area contributed by atoms with E-state index in [0.29, 0.717) is 0 Å². The van der Waals surface area contributed by atoms with Gasteiger partial charge in [-0.05, 0) is 0 Å². The van der Waals surface area contributed by atoms with Gasteiger partial charge in [0.25, 0.3) is 0 Å². The summed E-state index contributed by atoms with van der Waals surface area (Å²) in [5.41, 5.74) is 0. The zero-order valence-corrected chi connectivity index (χ0v) is 9.11. The van der Waals surface area contributed by atoms with Crippen molar-refractivity contribution in [2.24, 2.45) is 0 Å². The third-order valence-corrected chi connectivity index (χ3v) is 9.08. The fourth-order valence-corrected chi connectivity index (χ4v) is 2.16. The van der Waals surface area contributed by atoms with Crippen LogP contribution in [0.3, 0.4) is 0 Å². The van der Waals surface area contributed by atoms with Gasteiger partial charge in [0.05, 0.1) is 0 Å². The standard InChI is InChI=1S/3ClO.ClH.Sb.H/c3*1-2;;;/h;;;1H;;/q3*-1;;+4;/p-1. The number of halogens is 4. The monoisotopic (exact) mass is 310 g/mol. The Bertz CT molecular complexity index is 54.0. The molecule has 8 heavy (non-hydrogen) atoms. The predicted octanol–water partition coefficient (Wildman–Crippen LogP) is 1.90. The fraction of sp³-hybridized carbons (Fsp3) is 0. The van der Waals surface area contributed by atoms with Crippen molar-refractivity contribution >= 4 is 63.3 Å². The van der Waals surface area contributed by atoms with Gasteiger partial charge < -0.3 is 0 Å². The van der Waals surface area contributed by atoms with Gasteiger partial charge in [0.15, 0.2) is 0 Å². The van der Waals surface area contributed by atoms with E-state index in [2.05, 4.69) is 7.70 Å². The molecule has 8 heteroatoms. The Balaban J connectivity index is 3.58. The van der Waals surface area contributed by atoms with Crippen LogP contribution in [0.15, 0.2) is 0 Å². The zero-order valence-electron chi connectivity index (χ0n) is 3.24. The molecule has 0 spiro atoms. The minimum absolute atomic E-state index is 3.98. The van der Waals surface area contributed by atoms with Crippen LogP contribution in [0, 0.1) is 0 Å². The topological polar surface area (TPSA) is 27.7 Å². The van der Waals surface area contributed by atoms with Crippen LogP contribution in [-0.4, -0.2) is 18.9 Å². The summed E-state index contributed by atoms with van der Waals surface area (Å²) in [7, 11) is 5.24. The molecule has 0 aliphatic carbocycles. The van der Waals surface area contributed by atoms with Gasteiger partial charge >= 0.3 is 71.1 Å². The van der Waals surface area contributed by atoms with Crippen LogP contribution in [0.5, 0.6) is 0 Å². The molecular weight excluding hydrogens is 312 g/mol. The van der Waals surface area contributed by atoms with Gasteiger partial charge in [0.1, 0.15) is 0 Å². The van der Waals surface area contributed by atoms with E-state index in [1.165, 1.54) is 0 Å². The third kappa shape index (κ3) is 3.13. The quantitative estimate of drug-likeness (QED) is 0.745. The van der Waals surface area contributed by atoms with E-state index in [1.807, 2.05) is 0 Å². The van der Waals surface area contributed by atoms with Crippen LogP contribution < -0.4 is 0 Å². The molecule has 0 aromatic carbocycles. The molecule has 52 valence electrons. The summed E-state index contributed by atoms with van der Waals surface area (Å²) in [6.07, 6.45) is 0. The van der Waals surface area contributed by atoms with Crippen molar-refractivity contribution in [3.05, 3.63) is 0 Å². The number of hydrogen-bond donors (Lipinski definition) is 0. The second-order valence-corrected chi connectivity index (χ2v) is 11.0. The van der Waals surface area contributed by atoms with Crippen LogP contribution >= 0.6 is 44.4 Å². The normalized spacial score (nSPS) is 14.0. The summed E-state index contributed by atoms with van der Waals surface area (Å²) in [5, 5.41) is 0. The molecule has 0 amide bonds. The number of rotatable bonds is 3. The second kappa shape index (κ2) is 4.64. The van der Waals surface area contributed by atoms with Gasteiger partial charge in [-0.15, -0.1) is 0 Å². The molecule has 0 radical (unpaired) electrons. The van der Waals surface area contributed by atoms with E-state index in [0.717, 1.165) is 0 Å². The number of hydrogen-bond acceptors (Lipinski definition) is 3. The van der Waals surface area contributed by atoms with Crippen molar-refractivity contribution in [1.29, 1.82) is 0 Å². The molecule has 0 N–H and O–H groups in total. The van der Waals surface area contributed by atoms with E-state index in [9.17, 15) is 0 Å². The molecule has 0 atom stereocenters. The molecular formula is HCl4O3Sb. The Kier molecular flexibility index (Phi) is 5.72. The second-order valence-electron chi connectivity index (χ2n) is 0.713. The first-order valence-corrected chi connectivity index (χ1v) is 9.30. The summed E-state index contributed by atoms with van der Waals surface area (Å²) >= 11 is 10.2. The molecule has 0 aliphatic rings. The average Bonchev–Trinajstić information content (AvgIpc) is 1.87. The Morgan fingerprint density at radius 1 is 0.875 bits per heavy atom. The van der Waals surface area contributed by atoms with E-state index in [4.69, 9.17) is 44.4 Å². The fourth-order valence-electron chi connectivity index (χ4n) is 0.0357. The SMILES string of the molecule is Cl[O][SbH]([Cl])([O]Cl)[O]Cl. The summed E-state index contributed by atoms with van der Waals surface area (Å²) in [6.45, 7) is 0. The Morgan fingerprint density at radius 3 is 1.12 bits per heavy atom. The predicted molar refractivity (Wildman–Crippen MR) is 33.8 cm³/mol. The van der Waals surface area contributed by atoms with Crippen LogP contribution in [0.1, 0.15) is 0 Å². The molecule has 0 fully saturated rings. The minimum atomic E-state index is -4.07. The van der Waals surface area contributed by atoms with Crippen molar-refractivity contribution in [3.8, 4) is 0 Å². The van der Waals surface area contributed by atoms with Gasteiger partial charge in [0, 0.05) is 0 Å². The maximum absolute atomic E-state index is 5.24. The molecule has 0 rings (SSSR count). The van der Waals surface area contributed by atoms with Crippen LogP contribution in [-0.2, 0) is 7.70 Å². The van der Waals surface area contributed by atoms with E-state index in [1.54, 1.807) is 0 Å². The molecule has 0 saturated carbocycles. The molecule has 0 saturated heterocycles. The van der Waals surface area contributed by atoms with E-state index < -0.39 is 18.9 Å². The van der Waals surface area contributed by atoms with Gasteiger partial charge in [-0.1, -0.05) is 0 Å². The molecule has 0 aromatic heterocycles. The summed E-state index contributed by atoms with van der Waals surface area (Å²) in [4.78, 5) is 0. The molecule has 0 aromatic rings. The molecule has 0 heterocycles. The van der Waals surface area contributed by atoms with Crippen molar-refractivity contribution < 1.29 is 7.70 Å².